The molecular formula is C16H18ClNOS. The van der Waals surface area contributed by atoms with Gasteiger partial charge in [-0.25, -0.2) is 4.98 Å². The molecule has 0 atom stereocenters. The van der Waals surface area contributed by atoms with Crippen molar-refractivity contribution in [2.45, 2.75) is 44.3 Å². The molecule has 2 nitrogen and oxygen atoms in total. The average molecular weight is 308 g/mol. The molecule has 20 heavy (non-hydrogen) atoms. The van der Waals surface area contributed by atoms with Gasteiger partial charge in [0.2, 0.25) is 0 Å². The Balaban J connectivity index is 1.68. The number of alkyl halides is 1. The van der Waals surface area contributed by atoms with Crippen molar-refractivity contribution >= 4 is 22.9 Å². The highest BCUT2D eigenvalue weighted by molar-refractivity contribution is 7.13. The number of ether oxygens (including phenoxy) is 1. The zero-order valence-electron chi connectivity index (χ0n) is 11.3. The second-order valence-electron chi connectivity index (χ2n) is 5.20. The van der Waals surface area contributed by atoms with E-state index in [-0.39, 0.29) is 0 Å². The average Bonchev–Trinajstić information content (AvgIpc) is 3.16. The van der Waals surface area contributed by atoms with Gasteiger partial charge in [0, 0.05) is 10.9 Å². The van der Waals surface area contributed by atoms with Crippen molar-refractivity contribution in [2.24, 2.45) is 0 Å². The first-order valence-corrected chi connectivity index (χ1v) is 8.48. The van der Waals surface area contributed by atoms with E-state index < -0.39 is 0 Å². The van der Waals surface area contributed by atoms with E-state index in [1.807, 2.05) is 5.38 Å². The molecular weight excluding hydrogens is 290 g/mol. The second kappa shape index (κ2) is 6.70. The summed E-state index contributed by atoms with van der Waals surface area (Å²) in [5.74, 6) is 0.473. The maximum Gasteiger partial charge on any atom is 0.123 e. The smallest absolute Gasteiger partial charge is 0.123 e. The molecule has 2 aromatic rings. The van der Waals surface area contributed by atoms with Crippen LogP contribution >= 0.6 is 22.9 Å². The first-order valence-electron chi connectivity index (χ1n) is 7.06. The topological polar surface area (TPSA) is 22.1 Å². The summed E-state index contributed by atoms with van der Waals surface area (Å²) in [6.45, 7) is 0.701. The fourth-order valence-corrected chi connectivity index (χ4v) is 3.61. The molecule has 4 heteroatoms. The third-order valence-electron chi connectivity index (χ3n) is 3.65. The van der Waals surface area contributed by atoms with Gasteiger partial charge in [-0.15, -0.1) is 22.9 Å². The lowest BCUT2D eigenvalue weighted by Crippen LogP contribution is -2.07. The molecule has 3 rings (SSSR count). The Morgan fingerprint density at radius 1 is 1.30 bits per heavy atom. The van der Waals surface area contributed by atoms with Crippen LogP contribution in [0.3, 0.4) is 0 Å². The number of hydrogen-bond donors (Lipinski definition) is 0. The molecule has 0 saturated heterocycles. The predicted molar refractivity (Wildman–Crippen MR) is 84.2 cm³/mol. The monoisotopic (exact) mass is 307 g/mol. The van der Waals surface area contributed by atoms with Crippen LogP contribution in [0.25, 0.3) is 10.6 Å². The zero-order valence-corrected chi connectivity index (χ0v) is 12.9. The van der Waals surface area contributed by atoms with Crippen LogP contribution in [-0.2, 0) is 17.2 Å². The van der Waals surface area contributed by atoms with E-state index in [9.17, 15) is 0 Å². The fourth-order valence-electron chi connectivity index (χ4n) is 2.56. The number of hydrogen-bond acceptors (Lipinski definition) is 3. The van der Waals surface area contributed by atoms with Crippen LogP contribution in [0.5, 0.6) is 0 Å². The van der Waals surface area contributed by atoms with E-state index in [4.69, 9.17) is 16.3 Å². The standard InChI is InChI=1S/C16H18ClNOS/c17-9-14-11-20-16(18-14)13-5-3-4-12(8-13)10-19-15-6-1-2-7-15/h3-5,8,11,15H,1-2,6-7,9-10H2. The zero-order chi connectivity index (χ0) is 13.8. The quantitative estimate of drug-likeness (QED) is 0.725. The molecule has 1 aromatic carbocycles. The summed E-state index contributed by atoms with van der Waals surface area (Å²) in [6.07, 6.45) is 5.51. The number of nitrogens with zero attached hydrogens (tertiary/aromatic N) is 1. The normalized spacial score (nSPS) is 15.8. The van der Waals surface area contributed by atoms with Crippen molar-refractivity contribution in [1.82, 2.24) is 4.98 Å². The lowest BCUT2D eigenvalue weighted by Gasteiger charge is -2.11. The van der Waals surface area contributed by atoms with Gasteiger partial charge in [-0.05, 0) is 24.5 Å². The summed E-state index contributed by atoms with van der Waals surface area (Å²) in [7, 11) is 0. The molecule has 1 aromatic heterocycles. The molecule has 106 valence electrons. The fraction of sp³-hybridized carbons (Fsp3) is 0.438. The minimum Gasteiger partial charge on any atom is -0.374 e. The summed E-state index contributed by atoms with van der Waals surface area (Å²) >= 11 is 7.45. The summed E-state index contributed by atoms with van der Waals surface area (Å²) in [4.78, 5) is 4.52. The SMILES string of the molecule is ClCc1csc(-c2cccc(COC3CCCC3)c2)n1. The van der Waals surface area contributed by atoms with E-state index in [0.29, 0.717) is 18.6 Å². The molecule has 1 heterocycles. The van der Waals surface area contributed by atoms with Gasteiger partial charge in [0.15, 0.2) is 0 Å². The van der Waals surface area contributed by atoms with E-state index in [0.717, 1.165) is 16.3 Å². The largest absolute Gasteiger partial charge is 0.374 e. The Morgan fingerprint density at radius 2 is 2.15 bits per heavy atom. The van der Waals surface area contributed by atoms with Gasteiger partial charge in [0.05, 0.1) is 24.3 Å². The molecule has 0 bridgehead atoms. The first-order chi connectivity index (χ1) is 9.85. The van der Waals surface area contributed by atoms with Gasteiger partial charge in [-0.2, -0.15) is 0 Å². The van der Waals surface area contributed by atoms with Gasteiger partial charge >= 0.3 is 0 Å². The van der Waals surface area contributed by atoms with Gasteiger partial charge in [0.25, 0.3) is 0 Å². The van der Waals surface area contributed by atoms with Gasteiger partial charge < -0.3 is 4.74 Å². The number of thiazole rings is 1. The summed E-state index contributed by atoms with van der Waals surface area (Å²) < 4.78 is 5.97. The summed E-state index contributed by atoms with van der Waals surface area (Å²) in [6, 6.07) is 8.46. The highest BCUT2D eigenvalue weighted by Gasteiger charge is 2.15. The first kappa shape index (κ1) is 14.1. The summed E-state index contributed by atoms with van der Waals surface area (Å²) in [5.41, 5.74) is 3.31. The number of aromatic nitrogens is 1. The van der Waals surface area contributed by atoms with Crippen molar-refractivity contribution < 1.29 is 4.74 Å². The van der Waals surface area contributed by atoms with Crippen LogP contribution in [0.4, 0.5) is 0 Å². The minimum atomic E-state index is 0.460. The van der Waals surface area contributed by atoms with Crippen molar-refractivity contribution in [1.29, 1.82) is 0 Å². The van der Waals surface area contributed by atoms with E-state index in [2.05, 4.69) is 29.2 Å². The van der Waals surface area contributed by atoms with Crippen LogP contribution in [0, 0.1) is 0 Å². The summed E-state index contributed by atoms with van der Waals surface area (Å²) in [5, 5.41) is 3.05. The number of benzene rings is 1. The van der Waals surface area contributed by atoms with Crippen molar-refractivity contribution in [2.75, 3.05) is 0 Å². The van der Waals surface area contributed by atoms with Crippen LogP contribution in [0.15, 0.2) is 29.6 Å². The second-order valence-corrected chi connectivity index (χ2v) is 6.32. The van der Waals surface area contributed by atoms with Crippen molar-refractivity contribution in [3.8, 4) is 10.6 Å². The maximum absolute atomic E-state index is 5.97. The van der Waals surface area contributed by atoms with Crippen molar-refractivity contribution in [3.63, 3.8) is 0 Å². The van der Waals surface area contributed by atoms with E-state index >= 15 is 0 Å². The molecule has 1 saturated carbocycles. The maximum atomic E-state index is 5.97. The highest BCUT2D eigenvalue weighted by atomic mass is 35.5. The lowest BCUT2D eigenvalue weighted by atomic mass is 10.1. The minimum absolute atomic E-state index is 0.460. The Morgan fingerprint density at radius 3 is 2.90 bits per heavy atom. The molecule has 1 aliphatic carbocycles. The predicted octanol–water partition coefficient (Wildman–Crippen LogP) is 5.01. The molecule has 0 amide bonds. The third-order valence-corrected chi connectivity index (χ3v) is 4.86. The molecule has 0 unspecified atom stereocenters. The van der Waals surface area contributed by atoms with Gasteiger partial charge in [-0.1, -0.05) is 31.0 Å². The van der Waals surface area contributed by atoms with Gasteiger partial charge in [0.1, 0.15) is 5.01 Å². The molecule has 0 spiro atoms. The Labute approximate surface area is 128 Å². The van der Waals surface area contributed by atoms with Gasteiger partial charge in [-0.3, -0.25) is 0 Å². The van der Waals surface area contributed by atoms with Crippen LogP contribution < -0.4 is 0 Å². The van der Waals surface area contributed by atoms with Crippen LogP contribution in [0.1, 0.15) is 36.9 Å². The van der Waals surface area contributed by atoms with Crippen LogP contribution in [0.2, 0.25) is 0 Å². The van der Waals surface area contributed by atoms with E-state index in [1.54, 1.807) is 11.3 Å². The highest BCUT2D eigenvalue weighted by Crippen LogP contribution is 2.26. The lowest BCUT2D eigenvalue weighted by molar-refractivity contribution is 0.0457. The Kier molecular flexibility index (Phi) is 4.71. The molecule has 1 fully saturated rings. The van der Waals surface area contributed by atoms with E-state index in [1.165, 1.54) is 31.2 Å². The van der Waals surface area contributed by atoms with Crippen molar-refractivity contribution in [3.05, 3.63) is 40.9 Å². The third kappa shape index (κ3) is 3.40. The molecule has 1 aliphatic rings. The van der Waals surface area contributed by atoms with Crippen LogP contribution in [-0.4, -0.2) is 11.1 Å². The molecule has 0 N–H and O–H groups in total. The molecule has 0 radical (unpaired) electrons. The molecule has 0 aliphatic heterocycles. The Hall–Kier alpha value is -0.900. The number of halogens is 1. The number of rotatable bonds is 5. The Bertz CT molecular complexity index is 563.